The van der Waals surface area contributed by atoms with Crippen molar-refractivity contribution in [3.05, 3.63) is 58.1 Å². The zero-order valence-corrected chi connectivity index (χ0v) is 17.4. The summed E-state index contributed by atoms with van der Waals surface area (Å²) in [6, 6.07) is 12.1. The Morgan fingerprint density at radius 2 is 1.71 bits per heavy atom. The summed E-state index contributed by atoms with van der Waals surface area (Å²) >= 11 is 0. The van der Waals surface area contributed by atoms with Gasteiger partial charge in [-0.3, -0.25) is 19.7 Å². The summed E-state index contributed by atoms with van der Waals surface area (Å²) < 4.78 is 5.14. The molecule has 8 heteroatoms. The number of ether oxygens (including phenoxy) is 1. The van der Waals surface area contributed by atoms with Gasteiger partial charge in [-0.25, -0.2) is 4.90 Å². The number of fused-ring (bicyclic) bond motifs is 1. The molecule has 2 aromatic carbocycles. The van der Waals surface area contributed by atoms with E-state index in [9.17, 15) is 19.7 Å². The second-order valence-electron chi connectivity index (χ2n) is 7.99. The molecule has 4 rings (SSSR count). The fourth-order valence-corrected chi connectivity index (χ4v) is 4.51. The smallest absolute Gasteiger partial charge is 0.294 e. The number of anilines is 2. The molecule has 2 aliphatic rings. The van der Waals surface area contributed by atoms with Gasteiger partial charge >= 0.3 is 0 Å². The van der Waals surface area contributed by atoms with E-state index in [4.69, 9.17) is 4.74 Å². The van der Waals surface area contributed by atoms with Crippen LogP contribution in [0.4, 0.5) is 17.1 Å². The molecule has 1 saturated carbocycles. The predicted molar refractivity (Wildman–Crippen MR) is 116 cm³/mol. The summed E-state index contributed by atoms with van der Waals surface area (Å²) in [7, 11) is 1.61. The van der Waals surface area contributed by atoms with Crippen LogP contribution in [0.1, 0.15) is 31.2 Å². The first-order chi connectivity index (χ1) is 15.0. The summed E-state index contributed by atoms with van der Waals surface area (Å²) in [5.41, 5.74) is 1.56. The number of benzene rings is 2. The largest absolute Gasteiger partial charge is 0.497 e. The first kappa shape index (κ1) is 20.8. The van der Waals surface area contributed by atoms with Crippen LogP contribution in [0.15, 0.2) is 42.5 Å². The highest BCUT2D eigenvalue weighted by molar-refractivity contribution is 6.22. The number of nitrogens with one attached hydrogen (secondary N) is 1. The Bertz CT molecular complexity index is 981. The van der Waals surface area contributed by atoms with Crippen molar-refractivity contribution in [1.29, 1.82) is 0 Å². The molecule has 1 N–H and O–H groups in total. The molecule has 2 amide bonds. The van der Waals surface area contributed by atoms with Crippen molar-refractivity contribution in [2.24, 2.45) is 11.8 Å². The third-order valence-electron chi connectivity index (χ3n) is 6.17. The number of imide groups is 1. The third-order valence-corrected chi connectivity index (χ3v) is 6.17. The molecule has 0 unspecified atom stereocenters. The molecule has 0 spiro atoms. The first-order valence-electron chi connectivity index (χ1n) is 10.5. The van der Waals surface area contributed by atoms with E-state index >= 15 is 0 Å². The molecule has 8 nitrogen and oxygen atoms in total. The van der Waals surface area contributed by atoms with Gasteiger partial charge in [0.2, 0.25) is 11.8 Å². The van der Waals surface area contributed by atoms with Gasteiger partial charge in [-0.05, 0) is 49.1 Å². The molecule has 31 heavy (non-hydrogen) atoms. The van der Waals surface area contributed by atoms with E-state index in [1.165, 1.54) is 6.07 Å². The topological polar surface area (TPSA) is 102 Å². The lowest BCUT2D eigenvalue weighted by Gasteiger charge is -2.19. The zero-order valence-electron chi connectivity index (χ0n) is 17.4. The van der Waals surface area contributed by atoms with Gasteiger partial charge in [-0.15, -0.1) is 0 Å². The fourth-order valence-electron chi connectivity index (χ4n) is 4.51. The Morgan fingerprint density at radius 1 is 1.06 bits per heavy atom. The molecule has 2 aromatic rings. The van der Waals surface area contributed by atoms with Crippen LogP contribution in [0.25, 0.3) is 0 Å². The number of rotatable bonds is 7. The maximum absolute atomic E-state index is 12.8. The molecular formula is C23H25N3O5. The Morgan fingerprint density at radius 3 is 2.29 bits per heavy atom. The minimum absolute atomic E-state index is 0.150. The number of hydrogen-bond acceptors (Lipinski definition) is 6. The summed E-state index contributed by atoms with van der Waals surface area (Å²) in [6.45, 7) is 0.498. The van der Waals surface area contributed by atoms with Gasteiger partial charge in [0.05, 0.1) is 29.6 Å². The van der Waals surface area contributed by atoms with Crippen molar-refractivity contribution < 1.29 is 19.2 Å². The van der Waals surface area contributed by atoms with Crippen molar-refractivity contribution in [2.45, 2.75) is 32.1 Å². The van der Waals surface area contributed by atoms with Gasteiger partial charge in [0, 0.05) is 12.6 Å². The molecule has 0 bridgehead atoms. The van der Waals surface area contributed by atoms with E-state index in [2.05, 4.69) is 5.32 Å². The lowest BCUT2D eigenvalue weighted by molar-refractivity contribution is -0.383. The van der Waals surface area contributed by atoms with E-state index in [1.807, 2.05) is 24.3 Å². The molecular weight excluding hydrogens is 398 g/mol. The monoisotopic (exact) mass is 423 g/mol. The van der Waals surface area contributed by atoms with Gasteiger partial charge in [0.15, 0.2) is 0 Å². The van der Waals surface area contributed by atoms with Crippen molar-refractivity contribution in [3.63, 3.8) is 0 Å². The lowest BCUT2D eigenvalue weighted by Crippen LogP contribution is -2.30. The second-order valence-corrected chi connectivity index (χ2v) is 7.99. The normalized spacial score (nSPS) is 20.5. The third kappa shape index (κ3) is 4.10. The van der Waals surface area contributed by atoms with Crippen LogP contribution in [-0.2, 0) is 16.0 Å². The van der Waals surface area contributed by atoms with Gasteiger partial charge < -0.3 is 10.1 Å². The maximum Gasteiger partial charge on any atom is 0.294 e. The van der Waals surface area contributed by atoms with Gasteiger partial charge in [-0.1, -0.05) is 25.0 Å². The quantitative estimate of drug-likeness (QED) is 0.411. The number of methoxy groups -OCH3 is 1. The summed E-state index contributed by atoms with van der Waals surface area (Å²) in [6.07, 6.45) is 3.96. The van der Waals surface area contributed by atoms with Crippen LogP contribution in [0, 0.1) is 22.0 Å². The lowest BCUT2D eigenvalue weighted by atomic mass is 9.81. The zero-order chi connectivity index (χ0) is 22.0. The van der Waals surface area contributed by atoms with Gasteiger partial charge in [0.1, 0.15) is 11.4 Å². The Balaban J connectivity index is 1.49. The minimum atomic E-state index is -0.489. The van der Waals surface area contributed by atoms with Crippen LogP contribution in [0.5, 0.6) is 5.75 Å². The highest BCUT2D eigenvalue weighted by Gasteiger charge is 2.49. The van der Waals surface area contributed by atoms with Gasteiger partial charge in [-0.2, -0.15) is 0 Å². The van der Waals surface area contributed by atoms with E-state index in [1.54, 1.807) is 19.2 Å². The average molecular weight is 423 g/mol. The number of carbonyl (C=O) groups is 2. The number of nitrogens with zero attached hydrogens (tertiary/aromatic N) is 2. The average Bonchev–Trinajstić information content (AvgIpc) is 3.04. The van der Waals surface area contributed by atoms with E-state index in [0.29, 0.717) is 31.5 Å². The van der Waals surface area contributed by atoms with E-state index < -0.39 is 4.92 Å². The minimum Gasteiger partial charge on any atom is -0.497 e. The standard InChI is InChI=1S/C23H25N3O5/c1-31-17-9-6-15(7-10-17)12-13-24-20-11-8-16(14-21(20)26(29)30)25-22(27)18-4-2-3-5-19(18)23(25)28/h6-11,14,18-19,24H,2-5,12-13H2,1H3/t18-,19-/m1/s1. The SMILES string of the molecule is COc1ccc(CCNc2ccc(N3C(=O)[C@@H]4CCCC[C@H]4C3=O)cc2[N+](=O)[O-])cc1. The van der Waals surface area contributed by atoms with E-state index in [0.717, 1.165) is 29.1 Å². The molecule has 162 valence electrons. The number of carbonyl (C=O) groups excluding carboxylic acids is 2. The Kier molecular flexibility index (Phi) is 5.88. The molecule has 0 aromatic heterocycles. The Hall–Kier alpha value is -3.42. The fraction of sp³-hybridized carbons (Fsp3) is 0.391. The van der Waals surface area contributed by atoms with Gasteiger partial charge in [0.25, 0.3) is 5.69 Å². The van der Waals surface area contributed by atoms with E-state index in [-0.39, 0.29) is 35.0 Å². The molecule has 2 fully saturated rings. The number of amides is 2. The van der Waals surface area contributed by atoms with Crippen LogP contribution in [0.2, 0.25) is 0 Å². The molecule has 1 heterocycles. The van der Waals surface area contributed by atoms with Crippen LogP contribution < -0.4 is 15.0 Å². The number of hydrogen-bond donors (Lipinski definition) is 1. The molecule has 0 radical (unpaired) electrons. The summed E-state index contributed by atoms with van der Waals surface area (Å²) in [5.74, 6) is -0.271. The van der Waals surface area contributed by atoms with Crippen LogP contribution in [-0.4, -0.2) is 30.4 Å². The molecule has 1 aliphatic heterocycles. The van der Waals surface area contributed by atoms with Crippen molar-refractivity contribution in [1.82, 2.24) is 0 Å². The summed E-state index contributed by atoms with van der Waals surface area (Å²) in [5, 5.41) is 14.8. The van der Waals surface area contributed by atoms with Crippen molar-refractivity contribution in [2.75, 3.05) is 23.9 Å². The van der Waals surface area contributed by atoms with Crippen LogP contribution >= 0.6 is 0 Å². The van der Waals surface area contributed by atoms with Crippen LogP contribution in [0.3, 0.4) is 0 Å². The van der Waals surface area contributed by atoms with Crippen molar-refractivity contribution >= 4 is 28.9 Å². The second kappa shape index (κ2) is 8.75. The molecule has 2 atom stereocenters. The van der Waals surface area contributed by atoms with Crippen molar-refractivity contribution in [3.8, 4) is 5.75 Å². The molecule has 1 aliphatic carbocycles. The number of nitro benzene ring substituents is 1. The highest BCUT2D eigenvalue weighted by Crippen LogP contribution is 2.41. The number of nitro groups is 1. The predicted octanol–water partition coefficient (Wildman–Crippen LogP) is 3.94. The maximum atomic E-state index is 12.8. The Labute approximate surface area is 180 Å². The first-order valence-corrected chi connectivity index (χ1v) is 10.5. The molecule has 1 saturated heterocycles. The summed E-state index contributed by atoms with van der Waals surface area (Å²) in [4.78, 5) is 37.9. The highest BCUT2D eigenvalue weighted by atomic mass is 16.6.